The van der Waals surface area contributed by atoms with Gasteiger partial charge in [0.2, 0.25) is 0 Å². The molecule has 0 bridgehead atoms. The lowest BCUT2D eigenvalue weighted by Crippen LogP contribution is -2.23. The normalized spacial score (nSPS) is 13.9. The molecule has 1 N–H and O–H groups in total. The van der Waals surface area contributed by atoms with Crippen LogP contribution in [-0.2, 0) is 19.6 Å². The molecule has 0 amide bonds. The van der Waals surface area contributed by atoms with Gasteiger partial charge >= 0.3 is 0 Å². The summed E-state index contributed by atoms with van der Waals surface area (Å²) >= 11 is 5.65. The number of fused-ring (bicyclic) bond motifs is 1. The third-order valence-electron chi connectivity index (χ3n) is 3.45. The number of halogens is 2. The van der Waals surface area contributed by atoms with Crippen molar-refractivity contribution in [2.75, 3.05) is 6.54 Å². The van der Waals surface area contributed by atoms with E-state index in [4.69, 9.17) is 16.3 Å². The Labute approximate surface area is 122 Å². The van der Waals surface area contributed by atoms with Gasteiger partial charge in [-0.05, 0) is 53.9 Å². The monoisotopic (exact) mass is 291 g/mol. The van der Waals surface area contributed by atoms with Crippen molar-refractivity contribution in [1.29, 1.82) is 0 Å². The molecule has 0 spiro atoms. The first-order valence-corrected chi connectivity index (χ1v) is 6.99. The van der Waals surface area contributed by atoms with E-state index in [0.717, 1.165) is 30.8 Å². The van der Waals surface area contributed by atoms with E-state index in [9.17, 15) is 4.39 Å². The third kappa shape index (κ3) is 2.94. The van der Waals surface area contributed by atoms with Crippen molar-refractivity contribution in [2.24, 2.45) is 0 Å². The predicted molar refractivity (Wildman–Crippen MR) is 77.6 cm³/mol. The fourth-order valence-corrected chi connectivity index (χ4v) is 2.46. The van der Waals surface area contributed by atoms with Crippen molar-refractivity contribution in [2.45, 2.75) is 19.6 Å². The Morgan fingerprint density at radius 1 is 1.15 bits per heavy atom. The van der Waals surface area contributed by atoms with Gasteiger partial charge in [-0.3, -0.25) is 0 Å². The second kappa shape index (κ2) is 5.81. The van der Waals surface area contributed by atoms with Crippen LogP contribution in [0.15, 0.2) is 36.4 Å². The van der Waals surface area contributed by atoms with Gasteiger partial charge in [-0.2, -0.15) is 0 Å². The van der Waals surface area contributed by atoms with Crippen LogP contribution in [0.5, 0.6) is 5.75 Å². The summed E-state index contributed by atoms with van der Waals surface area (Å²) in [7, 11) is 0. The minimum atomic E-state index is -0.414. The molecular weight excluding hydrogens is 277 g/mol. The molecule has 1 aliphatic rings. The van der Waals surface area contributed by atoms with Crippen LogP contribution in [0.25, 0.3) is 0 Å². The molecule has 0 saturated carbocycles. The Bertz CT molecular complexity index is 630. The van der Waals surface area contributed by atoms with E-state index < -0.39 is 5.82 Å². The molecule has 2 nitrogen and oxygen atoms in total. The van der Waals surface area contributed by atoms with Gasteiger partial charge < -0.3 is 10.1 Å². The minimum absolute atomic E-state index is 0.133. The number of hydrogen-bond donors (Lipinski definition) is 1. The molecule has 0 radical (unpaired) electrons. The third-order valence-corrected chi connectivity index (χ3v) is 3.76. The molecule has 0 aromatic heterocycles. The molecule has 0 atom stereocenters. The standard InChI is InChI=1S/C16H15ClFNO/c17-15-4-1-11(7-16(15)18)10-20-14-3-2-12-5-6-19-9-13(12)8-14/h1-4,7-8,19H,5-6,9-10H2. The fourth-order valence-electron chi connectivity index (χ4n) is 2.34. The maximum absolute atomic E-state index is 13.3. The van der Waals surface area contributed by atoms with Gasteiger partial charge in [0.15, 0.2) is 0 Å². The Hall–Kier alpha value is -1.58. The number of ether oxygens (including phenoxy) is 1. The van der Waals surface area contributed by atoms with Crippen molar-refractivity contribution in [3.8, 4) is 5.75 Å². The zero-order valence-corrected chi connectivity index (χ0v) is 11.7. The molecule has 0 unspecified atom stereocenters. The quantitative estimate of drug-likeness (QED) is 0.931. The van der Waals surface area contributed by atoms with Gasteiger partial charge in [0, 0.05) is 6.54 Å². The Balaban J connectivity index is 1.70. The van der Waals surface area contributed by atoms with Gasteiger partial charge in [-0.25, -0.2) is 4.39 Å². The lowest BCUT2D eigenvalue weighted by atomic mass is 10.0. The molecular formula is C16H15ClFNO. The van der Waals surface area contributed by atoms with Crippen molar-refractivity contribution in [3.63, 3.8) is 0 Å². The molecule has 2 aromatic rings. The molecule has 0 saturated heterocycles. The summed E-state index contributed by atoms with van der Waals surface area (Å²) in [5.41, 5.74) is 3.41. The van der Waals surface area contributed by atoms with Crippen LogP contribution < -0.4 is 10.1 Å². The SMILES string of the molecule is Fc1cc(COc2ccc3c(c2)CNCC3)ccc1Cl. The molecule has 1 heterocycles. The molecule has 3 rings (SSSR count). The highest BCUT2D eigenvalue weighted by molar-refractivity contribution is 6.30. The van der Waals surface area contributed by atoms with E-state index in [-0.39, 0.29) is 5.02 Å². The average molecular weight is 292 g/mol. The number of nitrogens with one attached hydrogen (secondary N) is 1. The smallest absolute Gasteiger partial charge is 0.142 e. The second-order valence-corrected chi connectivity index (χ2v) is 5.30. The zero-order chi connectivity index (χ0) is 13.9. The van der Waals surface area contributed by atoms with Gasteiger partial charge in [-0.1, -0.05) is 23.7 Å². The highest BCUT2D eigenvalue weighted by Gasteiger charge is 2.09. The van der Waals surface area contributed by atoms with E-state index in [1.807, 2.05) is 12.1 Å². The van der Waals surface area contributed by atoms with E-state index >= 15 is 0 Å². The molecule has 1 aliphatic heterocycles. The summed E-state index contributed by atoms with van der Waals surface area (Å²) in [4.78, 5) is 0. The maximum atomic E-state index is 13.3. The topological polar surface area (TPSA) is 21.3 Å². The Morgan fingerprint density at radius 3 is 2.90 bits per heavy atom. The summed E-state index contributed by atoms with van der Waals surface area (Å²) in [6.45, 7) is 2.24. The first kappa shape index (κ1) is 13.4. The van der Waals surface area contributed by atoms with Crippen LogP contribution in [0.1, 0.15) is 16.7 Å². The van der Waals surface area contributed by atoms with E-state index in [1.54, 1.807) is 12.1 Å². The summed E-state index contributed by atoms with van der Waals surface area (Å²) in [6.07, 6.45) is 1.05. The lowest BCUT2D eigenvalue weighted by Gasteiger charge is -2.18. The van der Waals surface area contributed by atoms with Crippen LogP contribution >= 0.6 is 11.6 Å². The van der Waals surface area contributed by atoms with Crippen molar-refractivity contribution < 1.29 is 9.13 Å². The fraction of sp³-hybridized carbons (Fsp3) is 0.250. The second-order valence-electron chi connectivity index (χ2n) is 4.89. The molecule has 2 aromatic carbocycles. The Kier molecular flexibility index (Phi) is 3.90. The van der Waals surface area contributed by atoms with Crippen LogP contribution in [-0.4, -0.2) is 6.54 Å². The molecule has 0 aliphatic carbocycles. The molecule has 104 valence electrons. The predicted octanol–water partition coefficient (Wildman–Crippen LogP) is 3.70. The van der Waals surface area contributed by atoms with Crippen LogP contribution in [0.2, 0.25) is 5.02 Å². The minimum Gasteiger partial charge on any atom is -0.489 e. The van der Waals surface area contributed by atoms with Gasteiger partial charge in [-0.15, -0.1) is 0 Å². The van der Waals surface area contributed by atoms with Gasteiger partial charge in [0.1, 0.15) is 18.2 Å². The van der Waals surface area contributed by atoms with Gasteiger partial charge in [0.05, 0.1) is 5.02 Å². The molecule has 4 heteroatoms. The van der Waals surface area contributed by atoms with Gasteiger partial charge in [0.25, 0.3) is 0 Å². The number of benzene rings is 2. The van der Waals surface area contributed by atoms with Crippen LogP contribution in [0, 0.1) is 5.82 Å². The number of hydrogen-bond acceptors (Lipinski definition) is 2. The van der Waals surface area contributed by atoms with Crippen molar-refractivity contribution >= 4 is 11.6 Å². The highest BCUT2D eigenvalue weighted by Crippen LogP contribution is 2.22. The van der Waals surface area contributed by atoms with E-state index in [2.05, 4.69) is 11.4 Å². The molecule has 0 fully saturated rings. The van der Waals surface area contributed by atoms with Crippen molar-refractivity contribution in [3.05, 3.63) is 63.9 Å². The van der Waals surface area contributed by atoms with Crippen LogP contribution in [0.3, 0.4) is 0 Å². The first-order valence-electron chi connectivity index (χ1n) is 6.61. The average Bonchev–Trinajstić information content (AvgIpc) is 2.48. The Morgan fingerprint density at radius 2 is 2.05 bits per heavy atom. The summed E-state index contributed by atoms with van der Waals surface area (Å²) in [5, 5.41) is 3.47. The van der Waals surface area contributed by atoms with Crippen LogP contribution in [0.4, 0.5) is 4.39 Å². The highest BCUT2D eigenvalue weighted by atomic mass is 35.5. The zero-order valence-electron chi connectivity index (χ0n) is 11.0. The van der Waals surface area contributed by atoms with E-state index in [0.29, 0.717) is 6.61 Å². The molecule has 20 heavy (non-hydrogen) atoms. The summed E-state index contributed by atoms with van der Waals surface area (Å²) < 4.78 is 19.0. The number of rotatable bonds is 3. The first-order chi connectivity index (χ1) is 9.72. The lowest BCUT2D eigenvalue weighted by molar-refractivity contribution is 0.305. The van der Waals surface area contributed by atoms with E-state index in [1.165, 1.54) is 17.2 Å². The maximum Gasteiger partial charge on any atom is 0.142 e. The largest absolute Gasteiger partial charge is 0.489 e. The van der Waals surface area contributed by atoms with Crippen molar-refractivity contribution in [1.82, 2.24) is 5.32 Å². The summed E-state index contributed by atoms with van der Waals surface area (Å²) in [5.74, 6) is 0.394. The summed E-state index contributed by atoms with van der Waals surface area (Å²) in [6, 6.07) is 10.8.